The summed E-state index contributed by atoms with van der Waals surface area (Å²) in [5, 5.41) is 9.15. The van der Waals surface area contributed by atoms with Crippen LogP contribution in [0.3, 0.4) is 0 Å². The highest BCUT2D eigenvalue weighted by Gasteiger charge is 2.35. The number of thiophene rings is 1. The third-order valence-corrected chi connectivity index (χ3v) is 7.36. The summed E-state index contributed by atoms with van der Waals surface area (Å²) in [6.07, 6.45) is -3.36. The van der Waals surface area contributed by atoms with Crippen LogP contribution in [0.25, 0.3) is 10.6 Å². The minimum absolute atomic E-state index is 0.363. The van der Waals surface area contributed by atoms with Gasteiger partial charge in [0.05, 0.1) is 10.6 Å². The van der Waals surface area contributed by atoms with Gasteiger partial charge in [-0.25, -0.2) is 0 Å². The van der Waals surface area contributed by atoms with Gasteiger partial charge in [-0.15, -0.1) is 11.3 Å². The quantitative estimate of drug-likeness (QED) is 0.530. The molecule has 32 heavy (non-hydrogen) atoms. The molecule has 0 saturated carbocycles. The maximum absolute atomic E-state index is 13.1. The average Bonchev–Trinajstić information content (AvgIpc) is 3.34. The van der Waals surface area contributed by atoms with Crippen molar-refractivity contribution in [1.82, 2.24) is 29.4 Å². The maximum atomic E-state index is 13.1. The largest absolute Gasteiger partial charge is 0.433 e. The van der Waals surface area contributed by atoms with Crippen molar-refractivity contribution >= 4 is 22.9 Å². The van der Waals surface area contributed by atoms with Crippen LogP contribution >= 0.6 is 22.9 Å². The summed E-state index contributed by atoms with van der Waals surface area (Å²) in [4.78, 5) is 6.68. The fourth-order valence-electron chi connectivity index (χ4n) is 4.09. The summed E-state index contributed by atoms with van der Waals surface area (Å²) in [7, 11) is 3.18. The third kappa shape index (κ3) is 5.03. The molecule has 0 N–H and O–H groups in total. The van der Waals surface area contributed by atoms with Gasteiger partial charge in [0.15, 0.2) is 0 Å². The molecule has 1 aliphatic rings. The zero-order chi connectivity index (χ0) is 23.0. The monoisotopic (exact) mass is 486 g/mol. The topological polar surface area (TPSA) is 42.1 Å². The summed E-state index contributed by atoms with van der Waals surface area (Å²) >= 11 is 7.90. The molecule has 1 saturated heterocycles. The first-order chi connectivity index (χ1) is 15.1. The van der Waals surface area contributed by atoms with Gasteiger partial charge >= 0.3 is 6.18 Å². The highest BCUT2D eigenvalue weighted by Crippen LogP contribution is 2.34. The van der Waals surface area contributed by atoms with E-state index in [-0.39, 0.29) is 0 Å². The van der Waals surface area contributed by atoms with Gasteiger partial charge in [0.1, 0.15) is 16.5 Å². The first-order valence-electron chi connectivity index (χ1n) is 10.4. The minimum Gasteiger partial charge on any atom is -0.298 e. The molecular formula is C21H26ClF3N6S. The molecule has 0 amide bonds. The Balaban J connectivity index is 1.37. The molecule has 0 aliphatic carbocycles. The van der Waals surface area contributed by atoms with E-state index in [1.165, 1.54) is 18.4 Å². The number of halogens is 4. The Morgan fingerprint density at radius 2 is 1.69 bits per heavy atom. The van der Waals surface area contributed by atoms with Gasteiger partial charge in [-0.05, 0) is 44.6 Å². The molecule has 0 radical (unpaired) electrons. The summed E-state index contributed by atoms with van der Waals surface area (Å²) in [6, 6.07) is 4.97. The van der Waals surface area contributed by atoms with E-state index < -0.39 is 11.9 Å². The fraction of sp³-hybridized carbons (Fsp3) is 0.524. The van der Waals surface area contributed by atoms with E-state index in [2.05, 4.69) is 20.0 Å². The zero-order valence-electron chi connectivity index (χ0n) is 18.3. The number of aromatic nitrogens is 4. The lowest BCUT2D eigenvalue weighted by Crippen LogP contribution is -2.30. The zero-order valence-corrected chi connectivity index (χ0v) is 19.9. The molecular weight excluding hydrogens is 461 g/mol. The van der Waals surface area contributed by atoms with Crippen LogP contribution in [0.1, 0.15) is 28.2 Å². The molecule has 174 valence electrons. The van der Waals surface area contributed by atoms with E-state index in [0.717, 1.165) is 77.4 Å². The van der Waals surface area contributed by atoms with Crippen molar-refractivity contribution in [2.75, 3.05) is 26.2 Å². The Morgan fingerprint density at radius 3 is 2.28 bits per heavy atom. The van der Waals surface area contributed by atoms with Gasteiger partial charge in [-0.3, -0.25) is 19.2 Å². The second-order valence-electron chi connectivity index (χ2n) is 8.19. The summed E-state index contributed by atoms with van der Waals surface area (Å²) in [6.45, 7) is 7.38. The summed E-state index contributed by atoms with van der Waals surface area (Å²) in [5.74, 6) is 0. The van der Waals surface area contributed by atoms with Gasteiger partial charge in [0.2, 0.25) is 0 Å². The van der Waals surface area contributed by atoms with Gasteiger partial charge in [-0.2, -0.15) is 23.4 Å². The Kier molecular flexibility index (Phi) is 6.67. The van der Waals surface area contributed by atoms with E-state index in [9.17, 15) is 13.2 Å². The van der Waals surface area contributed by atoms with Gasteiger partial charge in [0, 0.05) is 50.7 Å². The second kappa shape index (κ2) is 9.17. The minimum atomic E-state index is -4.41. The van der Waals surface area contributed by atoms with E-state index in [1.54, 1.807) is 4.68 Å². The summed E-state index contributed by atoms with van der Waals surface area (Å²) in [5.41, 5.74) is 1.67. The molecule has 0 unspecified atom stereocenters. The van der Waals surface area contributed by atoms with Crippen LogP contribution < -0.4 is 0 Å². The molecule has 4 rings (SSSR count). The van der Waals surface area contributed by atoms with Crippen molar-refractivity contribution in [3.63, 3.8) is 0 Å². The van der Waals surface area contributed by atoms with Crippen molar-refractivity contribution in [2.24, 2.45) is 14.1 Å². The van der Waals surface area contributed by atoms with E-state index >= 15 is 0 Å². The SMILES string of the molecule is Cc1nn(C)c(Cl)c1CN1CCCN(Cc2ccc(-c3cc(C(F)(F)F)n(C)n3)s2)CC1. The molecule has 1 fully saturated rings. The van der Waals surface area contributed by atoms with Gasteiger partial charge in [-0.1, -0.05) is 11.6 Å². The Labute approximate surface area is 194 Å². The van der Waals surface area contributed by atoms with Crippen LogP contribution in [0.2, 0.25) is 5.15 Å². The second-order valence-corrected chi connectivity index (χ2v) is 9.71. The number of aryl methyl sites for hydroxylation is 3. The first-order valence-corrected chi connectivity index (χ1v) is 11.6. The molecule has 1 aliphatic heterocycles. The van der Waals surface area contributed by atoms with Crippen LogP contribution in [0.4, 0.5) is 13.2 Å². The fourth-order valence-corrected chi connectivity index (χ4v) is 5.33. The number of rotatable bonds is 5. The molecule has 0 atom stereocenters. The number of alkyl halides is 3. The summed E-state index contributed by atoms with van der Waals surface area (Å²) < 4.78 is 41.8. The van der Waals surface area contributed by atoms with Crippen LogP contribution in [-0.4, -0.2) is 55.5 Å². The molecule has 6 nitrogen and oxygen atoms in total. The van der Waals surface area contributed by atoms with E-state index in [0.29, 0.717) is 10.8 Å². The first kappa shape index (κ1) is 23.3. The van der Waals surface area contributed by atoms with E-state index in [1.807, 2.05) is 26.1 Å². The number of nitrogens with zero attached hydrogens (tertiary/aromatic N) is 6. The molecule has 0 aromatic carbocycles. The normalized spacial score (nSPS) is 16.6. The molecule has 11 heteroatoms. The highest BCUT2D eigenvalue weighted by atomic mass is 35.5. The van der Waals surface area contributed by atoms with Crippen molar-refractivity contribution in [3.8, 4) is 10.6 Å². The molecule has 0 spiro atoms. The van der Waals surface area contributed by atoms with Crippen LogP contribution in [0, 0.1) is 6.92 Å². The average molecular weight is 487 g/mol. The highest BCUT2D eigenvalue weighted by molar-refractivity contribution is 7.15. The molecule has 4 heterocycles. The predicted octanol–water partition coefficient (Wildman–Crippen LogP) is 4.57. The number of hydrogen-bond donors (Lipinski definition) is 0. The van der Waals surface area contributed by atoms with Crippen LogP contribution in [-0.2, 0) is 33.4 Å². The standard InChI is InChI=1S/C21H26ClF3N6S/c1-14-16(20(22)29(3)26-14)13-31-8-4-7-30(9-10-31)12-15-5-6-18(32-15)17-11-19(21(23,24)25)28(2)27-17/h5-6,11H,4,7-10,12-13H2,1-3H3. The third-order valence-electron chi connectivity index (χ3n) is 5.80. The van der Waals surface area contributed by atoms with Crippen molar-refractivity contribution < 1.29 is 13.2 Å². The molecule has 0 bridgehead atoms. The van der Waals surface area contributed by atoms with Crippen LogP contribution in [0.5, 0.6) is 0 Å². The van der Waals surface area contributed by atoms with Gasteiger partial charge < -0.3 is 0 Å². The molecule has 3 aromatic rings. The van der Waals surface area contributed by atoms with Gasteiger partial charge in [0.25, 0.3) is 0 Å². The lowest BCUT2D eigenvalue weighted by Gasteiger charge is -2.21. The van der Waals surface area contributed by atoms with Crippen molar-refractivity contribution in [2.45, 2.75) is 32.6 Å². The lowest BCUT2D eigenvalue weighted by molar-refractivity contribution is -0.143. The Bertz CT molecular complexity index is 1090. The lowest BCUT2D eigenvalue weighted by atomic mass is 10.2. The van der Waals surface area contributed by atoms with E-state index in [4.69, 9.17) is 11.6 Å². The van der Waals surface area contributed by atoms with Crippen LogP contribution in [0.15, 0.2) is 18.2 Å². The predicted molar refractivity (Wildman–Crippen MR) is 120 cm³/mol. The Hall–Kier alpha value is -1.88. The smallest absolute Gasteiger partial charge is 0.298 e. The number of hydrogen-bond acceptors (Lipinski definition) is 5. The molecule has 3 aromatic heterocycles. The maximum Gasteiger partial charge on any atom is 0.433 e. The Morgan fingerprint density at radius 1 is 1.00 bits per heavy atom. The van der Waals surface area contributed by atoms with Crippen molar-refractivity contribution in [1.29, 1.82) is 0 Å². The van der Waals surface area contributed by atoms with Crippen molar-refractivity contribution in [3.05, 3.63) is 45.2 Å².